The van der Waals surface area contributed by atoms with Crippen molar-refractivity contribution in [2.24, 2.45) is 5.92 Å². The van der Waals surface area contributed by atoms with Gasteiger partial charge in [0.2, 0.25) is 0 Å². The highest BCUT2D eigenvalue weighted by Gasteiger charge is 2.42. The summed E-state index contributed by atoms with van der Waals surface area (Å²) in [6.45, 7) is 3.78. The number of halogens is 3. The molecule has 1 aliphatic rings. The lowest BCUT2D eigenvalue weighted by atomic mass is 9.90. The maximum absolute atomic E-state index is 12.2. The molecule has 0 aliphatic carbocycles. The molecule has 1 saturated heterocycles. The zero-order valence-corrected chi connectivity index (χ0v) is 7.28. The fourth-order valence-corrected chi connectivity index (χ4v) is 1.50. The second kappa shape index (κ2) is 3.24. The van der Waals surface area contributed by atoms with Gasteiger partial charge >= 0.3 is 6.18 Å². The van der Waals surface area contributed by atoms with Crippen molar-refractivity contribution < 1.29 is 13.2 Å². The van der Waals surface area contributed by atoms with Crippen molar-refractivity contribution in [3.63, 3.8) is 0 Å². The lowest BCUT2D eigenvalue weighted by Crippen LogP contribution is -2.52. The van der Waals surface area contributed by atoms with Gasteiger partial charge < -0.3 is 5.32 Å². The molecule has 1 heterocycles. The Morgan fingerprint density at radius 3 is 2.17 bits per heavy atom. The van der Waals surface area contributed by atoms with Gasteiger partial charge in [-0.15, -0.1) is 0 Å². The van der Waals surface area contributed by atoms with Crippen LogP contribution in [0.15, 0.2) is 0 Å². The first-order valence-corrected chi connectivity index (χ1v) is 4.24. The molecule has 0 bridgehead atoms. The molecule has 0 saturated carbocycles. The molecule has 0 amide bonds. The summed E-state index contributed by atoms with van der Waals surface area (Å²) in [6.07, 6.45) is -3.19. The van der Waals surface area contributed by atoms with Crippen LogP contribution in [0.3, 0.4) is 0 Å². The molecule has 1 nitrogen and oxygen atoms in total. The van der Waals surface area contributed by atoms with E-state index in [9.17, 15) is 13.2 Å². The lowest BCUT2D eigenvalue weighted by molar-refractivity contribution is -0.164. The minimum absolute atomic E-state index is 0.0228. The van der Waals surface area contributed by atoms with Crippen molar-refractivity contribution in [3.05, 3.63) is 0 Å². The van der Waals surface area contributed by atoms with Gasteiger partial charge in [-0.2, -0.15) is 13.2 Å². The molecule has 0 aromatic heterocycles. The molecule has 1 N–H and O–H groups in total. The van der Waals surface area contributed by atoms with Gasteiger partial charge in [0.25, 0.3) is 0 Å². The number of alkyl halides is 3. The van der Waals surface area contributed by atoms with Gasteiger partial charge in [-0.1, -0.05) is 6.92 Å². The van der Waals surface area contributed by atoms with E-state index in [1.807, 2.05) is 13.8 Å². The summed E-state index contributed by atoms with van der Waals surface area (Å²) in [4.78, 5) is 0. The average molecular weight is 181 g/mol. The molecule has 1 rings (SSSR count). The summed E-state index contributed by atoms with van der Waals surface area (Å²) in [6, 6.07) is -1.31. The standard InChI is InChI=1S/C8H14F3N/c1-5-3-4-7(8(9,10)11)12-6(5)2/h5-7,12H,3-4H2,1-2H3. The van der Waals surface area contributed by atoms with Crippen molar-refractivity contribution >= 4 is 0 Å². The van der Waals surface area contributed by atoms with Gasteiger partial charge in [-0.3, -0.25) is 0 Å². The van der Waals surface area contributed by atoms with Gasteiger partial charge in [-0.25, -0.2) is 0 Å². The number of hydrogen-bond acceptors (Lipinski definition) is 1. The molecule has 12 heavy (non-hydrogen) atoms. The smallest absolute Gasteiger partial charge is 0.303 e. The lowest BCUT2D eigenvalue weighted by Gasteiger charge is -2.34. The van der Waals surface area contributed by atoms with Gasteiger partial charge in [0.1, 0.15) is 6.04 Å². The highest BCUT2D eigenvalue weighted by atomic mass is 19.4. The van der Waals surface area contributed by atoms with Gasteiger partial charge in [0, 0.05) is 6.04 Å². The quantitative estimate of drug-likeness (QED) is 0.604. The van der Waals surface area contributed by atoms with Crippen LogP contribution in [0.4, 0.5) is 13.2 Å². The first kappa shape index (κ1) is 9.84. The monoisotopic (exact) mass is 181 g/mol. The number of nitrogens with one attached hydrogen (secondary N) is 1. The number of rotatable bonds is 0. The highest BCUT2D eigenvalue weighted by Crippen LogP contribution is 2.29. The van der Waals surface area contributed by atoms with Crippen LogP contribution in [-0.4, -0.2) is 18.3 Å². The third-order valence-corrected chi connectivity index (χ3v) is 2.62. The van der Waals surface area contributed by atoms with E-state index in [1.165, 1.54) is 0 Å². The van der Waals surface area contributed by atoms with E-state index in [2.05, 4.69) is 5.32 Å². The zero-order valence-electron chi connectivity index (χ0n) is 7.28. The Morgan fingerprint density at radius 2 is 1.75 bits per heavy atom. The van der Waals surface area contributed by atoms with Gasteiger partial charge in [0.15, 0.2) is 0 Å². The fraction of sp³-hybridized carbons (Fsp3) is 1.00. The predicted molar refractivity (Wildman–Crippen MR) is 40.8 cm³/mol. The van der Waals surface area contributed by atoms with Crippen molar-refractivity contribution in [3.8, 4) is 0 Å². The van der Waals surface area contributed by atoms with Crippen molar-refractivity contribution in [2.75, 3.05) is 0 Å². The zero-order chi connectivity index (χ0) is 9.35. The van der Waals surface area contributed by atoms with Gasteiger partial charge in [0.05, 0.1) is 0 Å². The van der Waals surface area contributed by atoms with E-state index in [1.54, 1.807) is 0 Å². The predicted octanol–water partition coefficient (Wildman–Crippen LogP) is 2.33. The Hall–Kier alpha value is -0.250. The first-order valence-electron chi connectivity index (χ1n) is 4.24. The molecule has 4 heteroatoms. The Bertz CT molecular complexity index is 155. The van der Waals surface area contributed by atoms with E-state index >= 15 is 0 Å². The van der Waals surface area contributed by atoms with Crippen molar-refractivity contribution in [1.29, 1.82) is 0 Å². The van der Waals surface area contributed by atoms with E-state index in [0.29, 0.717) is 12.3 Å². The second-order valence-corrected chi connectivity index (χ2v) is 3.60. The Morgan fingerprint density at radius 1 is 1.17 bits per heavy atom. The topological polar surface area (TPSA) is 12.0 Å². The third-order valence-electron chi connectivity index (χ3n) is 2.62. The Kier molecular flexibility index (Phi) is 2.66. The fourth-order valence-electron chi connectivity index (χ4n) is 1.50. The number of piperidine rings is 1. The van der Waals surface area contributed by atoms with Crippen molar-refractivity contribution in [1.82, 2.24) is 5.32 Å². The molecule has 0 spiro atoms. The molecule has 3 unspecified atom stereocenters. The van der Waals surface area contributed by atoms with Crippen LogP contribution in [0.25, 0.3) is 0 Å². The van der Waals surface area contributed by atoms with E-state index in [4.69, 9.17) is 0 Å². The SMILES string of the molecule is CC1CCC(C(F)(F)F)NC1C. The Balaban J connectivity index is 2.51. The van der Waals surface area contributed by atoms with Crippen LogP contribution < -0.4 is 5.32 Å². The molecular formula is C8H14F3N. The van der Waals surface area contributed by atoms with E-state index in [0.717, 1.165) is 0 Å². The maximum atomic E-state index is 12.2. The second-order valence-electron chi connectivity index (χ2n) is 3.60. The number of hydrogen-bond donors (Lipinski definition) is 1. The largest absolute Gasteiger partial charge is 0.403 e. The third kappa shape index (κ3) is 2.12. The highest BCUT2D eigenvalue weighted by molar-refractivity contribution is 4.86. The molecule has 3 atom stereocenters. The van der Waals surface area contributed by atoms with Gasteiger partial charge in [-0.05, 0) is 25.7 Å². The van der Waals surface area contributed by atoms with Crippen LogP contribution >= 0.6 is 0 Å². The first-order chi connectivity index (χ1) is 5.41. The van der Waals surface area contributed by atoms with Crippen LogP contribution in [0.2, 0.25) is 0 Å². The average Bonchev–Trinajstić information content (AvgIpc) is 1.92. The van der Waals surface area contributed by atoms with Crippen LogP contribution in [-0.2, 0) is 0 Å². The molecular weight excluding hydrogens is 167 g/mol. The van der Waals surface area contributed by atoms with E-state index in [-0.39, 0.29) is 12.5 Å². The van der Waals surface area contributed by atoms with Crippen LogP contribution in [0.1, 0.15) is 26.7 Å². The Labute approximate surface area is 70.3 Å². The summed E-state index contributed by atoms with van der Waals surface area (Å²) in [5.74, 6) is 0.351. The van der Waals surface area contributed by atoms with E-state index < -0.39 is 12.2 Å². The minimum Gasteiger partial charge on any atom is -0.303 e. The maximum Gasteiger partial charge on any atom is 0.403 e. The summed E-state index contributed by atoms with van der Waals surface area (Å²) in [5.41, 5.74) is 0. The molecule has 1 aliphatic heterocycles. The summed E-state index contributed by atoms with van der Waals surface area (Å²) < 4.78 is 36.5. The van der Waals surface area contributed by atoms with Crippen molar-refractivity contribution in [2.45, 2.75) is 44.9 Å². The normalized spacial score (nSPS) is 38.2. The molecule has 0 radical (unpaired) electrons. The van der Waals surface area contributed by atoms with Crippen LogP contribution in [0.5, 0.6) is 0 Å². The summed E-state index contributed by atoms with van der Waals surface area (Å²) in [5, 5.41) is 2.58. The summed E-state index contributed by atoms with van der Waals surface area (Å²) >= 11 is 0. The summed E-state index contributed by atoms with van der Waals surface area (Å²) in [7, 11) is 0. The van der Waals surface area contributed by atoms with Crippen LogP contribution in [0, 0.1) is 5.92 Å². The minimum atomic E-state index is -4.08. The molecule has 1 fully saturated rings. The molecule has 72 valence electrons. The molecule has 0 aromatic carbocycles. The molecule has 0 aromatic rings.